The Morgan fingerprint density at radius 3 is 2.21 bits per heavy atom. The summed E-state index contributed by atoms with van der Waals surface area (Å²) >= 11 is 0. The summed E-state index contributed by atoms with van der Waals surface area (Å²) in [7, 11) is 0. The quantitative estimate of drug-likeness (QED) is 0.847. The van der Waals surface area contributed by atoms with Gasteiger partial charge in [-0.3, -0.25) is 9.59 Å². The lowest BCUT2D eigenvalue weighted by molar-refractivity contribution is -0.185. The number of aryl methyl sites for hydroxylation is 2. The second kappa shape index (κ2) is 7.68. The Hall–Kier alpha value is -2.05. The number of amides is 2. The summed E-state index contributed by atoms with van der Waals surface area (Å²) in [6, 6.07) is 7.89. The van der Waals surface area contributed by atoms with Gasteiger partial charge in [-0.15, -0.1) is 0 Å². The summed E-state index contributed by atoms with van der Waals surface area (Å²) in [5.41, 5.74) is 2.20. The van der Waals surface area contributed by atoms with E-state index in [9.17, 15) is 22.8 Å². The van der Waals surface area contributed by atoms with E-state index < -0.39 is 12.1 Å². The zero-order chi connectivity index (χ0) is 17.7. The van der Waals surface area contributed by atoms with Crippen LogP contribution in [-0.4, -0.2) is 54.0 Å². The number of carbonyl (C=O) groups is 2. The van der Waals surface area contributed by atoms with E-state index in [1.807, 2.05) is 31.2 Å². The Balaban J connectivity index is 1.85. The van der Waals surface area contributed by atoms with Crippen molar-refractivity contribution in [1.29, 1.82) is 0 Å². The Morgan fingerprint density at radius 2 is 1.58 bits per heavy atom. The number of hydrogen-bond donors (Lipinski definition) is 0. The minimum atomic E-state index is -4.86. The van der Waals surface area contributed by atoms with Crippen LogP contribution < -0.4 is 0 Å². The maximum Gasteiger partial charge on any atom is 0.471 e. The molecule has 0 bridgehead atoms. The van der Waals surface area contributed by atoms with Crippen LogP contribution in [0.1, 0.15) is 24.0 Å². The first kappa shape index (κ1) is 18.3. The second-order valence-electron chi connectivity index (χ2n) is 6.01. The van der Waals surface area contributed by atoms with Gasteiger partial charge in [-0.1, -0.05) is 29.8 Å². The van der Waals surface area contributed by atoms with Crippen LogP contribution in [0.15, 0.2) is 24.3 Å². The summed E-state index contributed by atoms with van der Waals surface area (Å²) in [4.78, 5) is 25.9. The third-order valence-electron chi connectivity index (χ3n) is 4.13. The molecule has 1 aromatic rings. The maximum absolute atomic E-state index is 12.5. The largest absolute Gasteiger partial charge is 0.471 e. The molecule has 1 saturated heterocycles. The normalized spacial score (nSPS) is 16.0. The van der Waals surface area contributed by atoms with Crippen molar-refractivity contribution in [3.8, 4) is 0 Å². The van der Waals surface area contributed by atoms with Crippen LogP contribution in [0.4, 0.5) is 13.2 Å². The molecule has 132 valence electrons. The van der Waals surface area contributed by atoms with Crippen molar-refractivity contribution in [1.82, 2.24) is 9.80 Å². The lowest BCUT2D eigenvalue weighted by Crippen LogP contribution is -2.43. The summed E-state index contributed by atoms with van der Waals surface area (Å²) in [6.07, 6.45) is -3.58. The average Bonchev–Trinajstić information content (AvgIpc) is 2.78. The van der Waals surface area contributed by atoms with Crippen molar-refractivity contribution in [2.75, 3.05) is 26.2 Å². The van der Waals surface area contributed by atoms with Gasteiger partial charge in [0.15, 0.2) is 0 Å². The SMILES string of the molecule is Cc1ccc(CCC(=O)N2CCCN(C(=O)C(F)(F)F)CC2)cc1. The predicted molar refractivity (Wildman–Crippen MR) is 83.3 cm³/mol. The standard InChI is InChI=1S/C17H21F3N2O2/c1-13-3-5-14(6-4-13)7-8-15(23)21-9-2-10-22(12-11-21)16(24)17(18,19)20/h3-6H,2,7-12H2,1H3. The van der Waals surface area contributed by atoms with Crippen LogP contribution in [-0.2, 0) is 16.0 Å². The van der Waals surface area contributed by atoms with Crippen LogP contribution in [0.3, 0.4) is 0 Å². The Kier molecular flexibility index (Phi) is 5.85. The van der Waals surface area contributed by atoms with Crippen molar-refractivity contribution >= 4 is 11.8 Å². The Morgan fingerprint density at radius 1 is 1.00 bits per heavy atom. The van der Waals surface area contributed by atoms with Gasteiger partial charge >= 0.3 is 12.1 Å². The molecule has 0 atom stereocenters. The van der Waals surface area contributed by atoms with E-state index in [1.165, 1.54) is 0 Å². The van der Waals surface area contributed by atoms with Crippen molar-refractivity contribution in [3.05, 3.63) is 35.4 Å². The van der Waals surface area contributed by atoms with E-state index >= 15 is 0 Å². The molecule has 0 radical (unpaired) electrons. The minimum absolute atomic E-state index is 0.0279. The van der Waals surface area contributed by atoms with E-state index in [0.29, 0.717) is 25.8 Å². The number of rotatable bonds is 3. The van der Waals surface area contributed by atoms with Crippen molar-refractivity contribution in [2.24, 2.45) is 0 Å². The van der Waals surface area contributed by atoms with E-state index in [1.54, 1.807) is 4.90 Å². The van der Waals surface area contributed by atoms with Gasteiger partial charge in [-0.2, -0.15) is 13.2 Å². The van der Waals surface area contributed by atoms with Crippen molar-refractivity contribution < 1.29 is 22.8 Å². The highest BCUT2D eigenvalue weighted by Gasteiger charge is 2.42. The smallest absolute Gasteiger partial charge is 0.341 e. The monoisotopic (exact) mass is 342 g/mol. The fourth-order valence-electron chi connectivity index (χ4n) is 2.71. The number of benzene rings is 1. The molecule has 4 nitrogen and oxygen atoms in total. The molecule has 1 heterocycles. The van der Waals surface area contributed by atoms with Crippen LogP contribution >= 0.6 is 0 Å². The number of hydrogen-bond acceptors (Lipinski definition) is 2. The molecule has 0 saturated carbocycles. The summed E-state index contributed by atoms with van der Waals surface area (Å²) in [5.74, 6) is -1.91. The van der Waals surface area contributed by atoms with E-state index in [2.05, 4.69) is 0 Å². The van der Waals surface area contributed by atoms with Crippen LogP contribution in [0.5, 0.6) is 0 Å². The molecule has 1 aliphatic rings. The van der Waals surface area contributed by atoms with Gasteiger partial charge in [0.1, 0.15) is 0 Å². The molecule has 2 rings (SSSR count). The Labute approximate surface area is 139 Å². The summed E-state index contributed by atoms with van der Waals surface area (Å²) in [6.45, 7) is 2.47. The van der Waals surface area contributed by atoms with Crippen LogP contribution in [0.25, 0.3) is 0 Å². The second-order valence-corrected chi connectivity index (χ2v) is 6.01. The highest BCUT2D eigenvalue weighted by Crippen LogP contribution is 2.19. The molecular weight excluding hydrogens is 321 g/mol. The number of carbonyl (C=O) groups excluding carboxylic acids is 2. The van der Waals surface area contributed by atoms with E-state index in [4.69, 9.17) is 0 Å². The number of nitrogens with zero attached hydrogens (tertiary/aromatic N) is 2. The van der Waals surface area contributed by atoms with Crippen LogP contribution in [0.2, 0.25) is 0 Å². The van der Waals surface area contributed by atoms with Crippen LogP contribution in [0, 0.1) is 6.92 Å². The lowest BCUT2D eigenvalue weighted by Gasteiger charge is -2.23. The Bertz CT molecular complexity index is 584. The maximum atomic E-state index is 12.5. The first-order valence-corrected chi connectivity index (χ1v) is 7.97. The van der Waals surface area contributed by atoms with Gasteiger partial charge in [0.25, 0.3) is 0 Å². The number of halogens is 3. The summed E-state index contributed by atoms with van der Waals surface area (Å²) in [5, 5.41) is 0. The molecule has 1 aromatic carbocycles. The third-order valence-corrected chi connectivity index (χ3v) is 4.13. The molecule has 0 aliphatic carbocycles. The van der Waals surface area contributed by atoms with Gasteiger partial charge < -0.3 is 9.80 Å². The first-order valence-electron chi connectivity index (χ1n) is 7.97. The first-order chi connectivity index (χ1) is 11.3. The molecular formula is C17H21F3N2O2. The van der Waals surface area contributed by atoms with Gasteiger partial charge in [0, 0.05) is 32.6 Å². The van der Waals surface area contributed by atoms with E-state index in [-0.39, 0.29) is 25.5 Å². The molecule has 1 fully saturated rings. The molecule has 24 heavy (non-hydrogen) atoms. The lowest BCUT2D eigenvalue weighted by atomic mass is 10.1. The molecule has 1 aliphatic heterocycles. The average molecular weight is 342 g/mol. The number of alkyl halides is 3. The highest BCUT2D eigenvalue weighted by molar-refractivity contribution is 5.82. The topological polar surface area (TPSA) is 40.6 Å². The molecule has 7 heteroatoms. The van der Waals surface area contributed by atoms with Gasteiger partial charge in [-0.25, -0.2) is 0 Å². The highest BCUT2D eigenvalue weighted by atomic mass is 19.4. The van der Waals surface area contributed by atoms with Gasteiger partial charge in [0.2, 0.25) is 5.91 Å². The van der Waals surface area contributed by atoms with Gasteiger partial charge in [0.05, 0.1) is 0 Å². The zero-order valence-electron chi connectivity index (χ0n) is 13.6. The van der Waals surface area contributed by atoms with E-state index in [0.717, 1.165) is 16.0 Å². The fraction of sp³-hybridized carbons (Fsp3) is 0.529. The molecule has 0 unspecified atom stereocenters. The van der Waals surface area contributed by atoms with Gasteiger partial charge in [-0.05, 0) is 25.3 Å². The minimum Gasteiger partial charge on any atom is -0.341 e. The van der Waals surface area contributed by atoms with Crippen molar-refractivity contribution in [2.45, 2.75) is 32.4 Å². The molecule has 2 amide bonds. The molecule has 0 aromatic heterocycles. The molecule has 0 N–H and O–H groups in total. The molecule has 0 spiro atoms. The zero-order valence-corrected chi connectivity index (χ0v) is 13.6. The summed E-state index contributed by atoms with van der Waals surface area (Å²) < 4.78 is 37.5. The fourth-order valence-corrected chi connectivity index (χ4v) is 2.71. The van der Waals surface area contributed by atoms with Crippen molar-refractivity contribution in [3.63, 3.8) is 0 Å². The predicted octanol–water partition coefficient (Wildman–Crippen LogP) is 2.55. The third kappa shape index (κ3) is 4.97.